The summed E-state index contributed by atoms with van der Waals surface area (Å²) >= 11 is 0. The second-order valence-electron chi connectivity index (χ2n) is 7.30. The summed E-state index contributed by atoms with van der Waals surface area (Å²) < 4.78 is 15.7. The summed E-state index contributed by atoms with van der Waals surface area (Å²) in [5.41, 5.74) is 6.24. The fraction of sp³-hybridized carbons (Fsp3) is 0.120. The van der Waals surface area contributed by atoms with Gasteiger partial charge in [0.2, 0.25) is 0 Å². The highest BCUT2D eigenvalue weighted by Gasteiger charge is 2.20. The fourth-order valence-corrected chi connectivity index (χ4v) is 4.04. The third-order valence-corrected chi connectivity index (χ3v) is 5.41. The molecule has 0 saturated carbocycles. The Morgan fingerprint density at radius 1 is 0.750 bits per heavy atom. The molecule has 0 N–H and O–H groups in total. The summed E-state index contributed by atoms with van der Waals surface area (Å²) in [5, 5.41) is 1.27. The Morgan fingerprint density at radius 2 is 1.46 bits per heavy atom. The standard InChI is InChI=1S/C25H21FN2/c26-21-12-10-20(11-13-21)17-28-24-9-5-4-8-22(24)23-14-15-27(18-25(23)28)16-19-6-2-1-3-7-19/h1-15H,16-18H2. The molecule has 2 heterocycles. The molecule has 28 heavy (non-hydrogen) atoms. The lowest BCUT2D eigenvalue weighted by Gasteiger charge is -2.25. The predicted molar refractivity (Wildman–Crippen MR) is 112 cm³/mol. The Bertz CT molecular complexity index is 1140. The molecule has 138 valence electrons. The summed E-state index contributed by atoms with van der Waals surface area (Å²) in [7, 11) is 0. The molecule has 2 nitrogen and oxygen atoms in total. The molecule has 1 aromatic heterocycles. The number of hydrogen-bond donors (Lipinski definition) is 0. The summed E-state index contributed by atoms with van der Waals surface area (Å²) in [6, 6.07) is 25.9. The van der Waals surface area contributed by atoms with Crippen LogP contribution in [0.2, 0.25) is 0 Å². The van der Waals surface area contributed by atoms with E-state index in [0.717, 1.165) is 25.2 Å². The molecule has 0 amide bonds. The molecule has 4 aromatic rings. The van der Waals surface area contributed by atoms with Crippen LogP contribution < -0.4 is 0 Å². The normalized spacial score (nSPS) is 13.1. The van der Waals surface area contributed by atoms with E-state index in [-0.39, 0.29) is 5.82 Å². The zero-order chi connectivity index (χ0) is 18.9. The topological polar surface area (TPSA) is 8.17 Å². The van der Waals surface area contributed by atoms with E-state index in [0.29, 0.717) is 0 Å². The number of fused-ring (bicyclic) bond motifs is 3. The van der Waals surface area contributed by atoms with E-state index in [1.807, 2.05) is 18.2 Å². The first-order valence-corrected chi connectivity index (χ1v) is 9.59. The summed E-state index contributed by atoms with van der Waals surface area (Å²) in [6.07, 6.45) is 4.43. The molecule has 0 atom stereocenters. The Hall–Kier alpha value is -3.33. The maximum absolute atomic E-state index is 13.3. The first kappa shape index (κ1) is 16.8. The van der Waals surface area contributed by atoms with Gasteiger partial charge in [0.15, 0.2) is 0 Å². The lowest BCUT2D eigenvalue weighted by molar-refractivity contribution is 0.349. The lowest BCUT2D eigenvalue weighted by Crippen LogP contribution is -2.21. The quantitative estimate of drug-likeness (QED) is 0.441. The highest BCUT2D eigenvalue weighted by molar-refractivity contribution is 5.91. The first-order valence-electron chi connectivity index (χ1n) is 9.59. The van der Waals surface area contributed by atoms with Crippen LogP contribution in [0.5, 0.6) is 0 Å². The van der Waals surface area contributed by atoms with Gasteiger partial charge in [-0.05, 0) is 35.4 Å². The fourth-order valence-electron chi connectivity index (χ4n) is 4.04. The highest BCUT2D eigenvalue weighted by atomic mass is 19.1. The first-order chi connectivity index (χ1) is 13.8. The molecule has 1 aliphatic heterocycles. The van der Waals surface area contributed by atoms with Crippen molar-refractivity contribution in [3.63, 3.8) is 0 Å². The Labute approximate surface area is 164 Å². The van der Waals surface area contributed by atoms with Crippen LogP contribution in [-0.4, -0.2) is 9.47 Å². The van der Waals surface area contributed by atoms with E-state index in [9.17, 15) is 4.39 Å². The molecule has 0 fully saturated rings. The van der Waals surface area contributed by atoms with Crippen LogP contribution in [0.4, 0.5) is 4.39 Å². The van der Waals surface area contributed by atoms with Gasteiger partial charge in [-0.2, -0.15) is 0 Å². The molecule has 3 heteroatoms. The van der Waals surface area contributed by atoms with Gasteiger partial charge in [0.25, 0.3) is 0 Å². The van der Waals surface area contributed by atoms with Crippen molar-refractivity contribution < 1.29 is 4.39 Å². The molecule has 3 aromatic carbocycles. The van der Waals surface area contributed by atoms with Gasteiger partial charge >= 0.3 is 0 Å². The van der Waals surface area contributed by atoms with Crippen LogP contribution in [0.25, 0.3) is 17.0 Å². The van der Waals surface area contributed by atoms with Crippen molar-refractivity contribution in [1.82, 2.24) is 9.47 Å². The average Bonchev–Trinajstić information content (AvgIpc) is 3.04. The van der Waals surface area contributed by atoms with E-state index in [1.165, 1.54) is 39.9 Å². The monoisotopic (exact) mass is 368 g/mol. The highest BCUT2D eigenvalue weighted by Crippen LogP contribution is 2.32. The van der Waals surface area contributed by atoms with E-state index in [2.05, 4.69) is 70.3 Å². The molecule has 0 bridgehead atoms. The summed E-state index contributed by atoms with van der Waals surface area (Å²) in [6.45, 7) is 2.48. The largest absolute Gasteiger partial charge is 0.367 e. The van der Waals surface area contributed by atoms with Crippen molar-refractivity contribution in [2.75, 3.05) is 0 Å². The smallest absolute Gasteiger partial charge is 0.123 e. The number of benzene rings is 3. The Balaban J connectivity index is 1.53. The zero-order valence-electron chi connectivity index (χ0n) is 15.6. The van der Waals surface area contributed by atoms with Crippen molar-refractivity contribution in [2.45, 2.75) is 19.6 Å². The van der Waals surface area contributed by atoms with Crippen LogP contribution >= 0.6 is 0 Å². The molecule has 0 radical (unpaired) electrons. The van der Waals surface area contributed by atoms with Crippen LogP contribution in [0.3, 0.4) is 0 Å². The van der Waals surface area contributed by atoms with Gasteiger partial charge in [-0.25, -0.2) is 4.39 Å². The maximum Gasteiger partial charge on any atom is 0.123 e. The molecule has 0 spiro atoms. The minimum Gasteiger partial charge on any atom is -0.367 e. The second-order valence-corrected chi connectivity index (χ2v) is 7.30. The van der Waals surface area contributed by atoms with Gasteiger partial charge in [-0.3, -0.25) is 0 Å². The number of halogens is 1. The number of nitrogens with zero attached hydrogens (tertiary/aromatic N) is 2. The van der Waals surface area contributed by atoms with Crippen molar-refractivity contribution in [1.29, 1.82) is 0 Å². The third-order valence-electron chi connectivity index (χ3n) is 5.41. The van der Waals surface area contributed by atoms with E-state index >= 15 is 0 Å². The summed E-state index contributed by atoms with van der Waals surface area (Å²) in [4.78, 5) is 2.34. The second kappa shape index (κ2) is 7.01. The van der Waals surface area contributed by atoms with Gasteiger partial charge in [-0.1, -0.05) is 60.7 Å². The molecule has 0 aliphatic carbocycles. The molecular weight excluding hydrogens is 347 g/mol. The van der Waals surface area contributed by atoms with Crippen LogP contribution in [0.15, 0.2) is 85.1 Å². The number of para-hydroxylation sites is 1. The summed E-state index contributed by atoms with van der Waals surface area (Å²) in [5.74, 6) is -0.194. The molecule has 0 saturated heterocycles. The Kier molecular flexibility index (Phi) is 4.21. The van der Waals surface area contributed by atoms with Gasteiger partial charge in [-0.15, -0.1) is 0 Å². The number of rotatable bonds is 4. The third kappa shape index (κ3) is 3.09. The zero-order valence-corrected chi connectivity index (χ0v) is 15.6. The van der Waals surface area contributed by atoms with Crippen LogP contribution in [-0.2, 0) is 19.6 Å². The van der Waals surface area contributed by atoms with Gasteiger partial charge in [0.05, 0.1) is 6.54 Å². The van der Waals surface area contributed by atoms with E-state index < -0.39 is 0 Å². The van der Waals surface area contributed by atoms with Gasteiger partial charge in [0.1, 0.15) is 5.82 Å². The molecule has 0 unspecified atom stereocenters. The SMILES string of the molecule is Fc1ccc(Cn2c3c(c4ccccc42)C=CN(Cc2ccccc2)C3)cc1. The van der Waals surface area contributed by atoms with Crippen LogP contribution in [0.1, 0.15) is 22.4 Å². The molecule has 5 rings (SSSR count). The van der Waals surface area contributed by atoms with Crippen molar-refractivity contribution >= 4 is 17.0 Å². The number of aromatic nitrogens is 1. The Morgan fingerprint density at radius 3 is 2.29 bits per heavy atom. The molecule has 1 aliphatic rings. The average molecular weight is 368 g/mol. The minimum absolute atomic E-state index is 0.194. The van der Waals surface area contributed by atoms with Crippen molar-refractivity contribution in [2.24, 2.45) is 0 Å². The van der Waals surface area contributed by atoms with Crippen molar-refractivity contribution in [3.8, 4) is 0 Å². The van der Waals surface area contributed by atoms with Crippen LogP contribution in [0, 0.1) is 5.82 Å². The van der Waals surface area contributed by atoms with E-state index in [1.54, 1.807) is 0 Å². The molecular formula is C25H21FN2. The minimum atomic E-state index is -0.194. The lowest BCUT2D eigenvalue weighted by atomic mass is 10.1. The van der Waals surface area contributed by atoms with E-state index in [4.69, 9.17) is 0 Å². The number of hydrogen-bond acceptors (Lipinski definition) is 1. The maximum atomic E-state index is 13.3. The van der Waals surface area contributed by atoms with Gasteiger partial charge in [0, 0.05) is 41.4 Å². The van der Waals surface area contributed by atoms with Crippen molar-refractivity contribution in [3.05, 3.63) is 113 Å². The van der Waals surface area contributed by atoms with Gasteiger partial charge < -0.3 is 9.47 Å². The predicted octanol–water partition coefficient (Wildman–Crippen LogP) is 5.82.